The van der Waals surface area contributed by atoms with Crippen LogP contribution in [0.3, 0.4) is 0 Å². The molecule has 0 aliphatic carbocycles. The maximum absolute atomic E-state index is 12.8. The number of sulfonamides is 1. The molecular weight excluding hydrogens is 433 g/mol. The number of nitrogens with one attached hydrogen (secondary N) is 1. The Morgan fingerprint density at radius 2 is 2.03 bits per heavy atom. The lowest BCUT2D eigenvalue weighted by Crippen LogP contribution is -2.59. The molecular formula is C19H24F3N6O2S+. The molecule has 0 bridgehead atoms. The van der Waals surface area contributed by atoms with Crippen LogP contribution in [0.5, 0.6) is 0 Å². The van der Waals surface area contributed by atoms with E-state index in [1.54, 1.807) is 12.4 Å². The van der Waals surface area contributed by atoms with Gasteiger partial charge in [-0.25, -0.2) is 17.8 Å². The van der Waals surface area contributed by atoms with E-state index in [2.05, 4.69) is 9.97 Å². The minimum atomic E-state index is -4.49. The number of hydrogen-bond acceptors (Lipinski definition) is 4. The topological polar surface area (TPSA) is 83.4 Å². The van der Waals surface area contributed by atoms with E-state index in [1.807, 2.05) is 23.7 Å². The first-order valence-corrected chi connectivity index (χ1v) is 11.9. The van der Waals surface area contributed by atoms with Gasteiger partial charge in [-0.1, -0.05) is 0 Å². The molecule has 1 N–H and O–H groups in total. The minimum Gasteiger partial charge on any atom is -0.345 e. The molecule has 5 rings (SSSR count). The van der Waals surface area contributed by atoms with Crippen molar-refractivity contribution in [1.82, 2.24) is 28.1 Å². The van der Waals surface area contributed by atoms with Gasteiger partial charge in [-0.3, -0.25) is 4.48 Å². The smallest absolute Gasteiger partial charge is 0.345 e. The number of halogens is 3. The summed E-state index contributed by atoms with van der Waals surface area (Å²) in [6.07, 6.45) is 1.49. The Hall–Kier alpha value is -2.18. The van der Waals surface area contributed by atoms with Crippen LogP contribution in [0.1, 0.15) is 25.7 Å². The van der Waals surface area contributed by atoms with Crippen molar-refractivity contribution in [3.63, 3.8) is 0 Å². The minimum absolute atomic E-state index is 0.0674. The molecule has 3 aromatic heterocycles. The third-order valence-electron chi connectivity index (χ3n) is 6.81. The molecule has 5 heterocycles. The number of fused-ring (bicyclic) bond motifs is 4. The van der Waals surface area contributed by atoms with Crippen LogP contribution in [-0.4, -0.2) is 76.2 Å². The normalized spacial score (nSPS) is 27.9. The lowest BCUT2D eigenvalue weighted by molar-refractivity contribution is -0.130. The average molecular weight is 458 g/mol. The highest BCUT2D eigenvalue weighted by Crippen LogP contribution is 2.41. The number of hydrogen-bond donors (Lipinski definition) is 1. The molecule has 0 saturated carbocycles. The molecule has 12 heteroatoms. The lowest BCUT2D eigenvalue weighted by atomic mass is 9.98. The number of rotatable bonds is 4. The average Bonchev–Trinajstić information content (AvgIpc) is 3.42. The summed E-state index contributed by atoms with van der Waals surface area (Å²) in [5, 5.41) is 0. The number of imidazole rings is 1. The summed E-state index contributed by atoms with van der Waals surface area (Å²) in [4.78, 5) is 12.2. The summed E-state index contributed by atoms with van der Waals surface area (Å²) in [6.45, 7) is 0.934. The van der Waals surface area contributed by atoms with E-state index in [1.165, 1.54) is 4.31 Å². The molecule has 8 nitrogen and oxygen atoms in total. The van der Waals surface area contributed by atoms with Gasteiger partial charge >= 0.3 is 12.1 Å². The Morgan fingerprint density at radius 3 is 2.81 bits per heavy atom. The fraction of sp³-hybridized carbons (Fsp3) is 0.579. The quantitative estimate of drug-likeness (QED) is 0.611. The Kier molecular flexibility index (Phi) is 4.61. The second kappa shape index (κ2) is 6.91. The number of H-pyrrole nitrogens is 1. The van der Waals surface area contributed by atoms with Gasteiger partial charge < -0.3 is 4.98 Å². The van der Waals surface area contributed by atoms with E-state index < -0.39 is 28.4 Å². The van der Waals surface area contributed by atoms with Crippen molar-refractivity contribution >= 4 is 32.7 Å². The largest absolute Gasteiger partial charge is 0.390 e. The van der Waals surface area contributed by atoms with Crippen LogP contribution >= 0.6 is 0 Å². The predicted molar refractivity (Wildman–Crippen MR) is 110 cm³/mol. The lowest BCUT2D eigenvalue weighted by Gasteiger charge is -2.41. The van der Waals surface area contributed by atoms with Gasteiger partial charge in [-0.15, -0.1) is 0 Å². The molecule has 2 aliphatic rings. The molecule has 3 atom stereocenters. The van der Waals surface area contributed by atoms with Crippen molar-refractivity contribution in [2.24, 2.45) is 0 Å². The van der Waals surface area contributed by atoms with Crippen LogP contribution in [0.25, 0.3) is 16.7 Å². The summed E-state index contributed by atoms with van der Waals surface area (Å²) >= 11 is 0. The van der Waals surface area contributed by atoms with Gasteiger partial charge in [-0.2, -0.15) is 22.5 Å². The summed E-state index contributed by atoms with van der Waals surface area (Å²) < 4.78 is 67.5. The third-order valence-corrected chi connectivity index (χ3v) is 8.70. The second-order valence-electron chi connectivity index (χ2n) is 8.64. The van der Waals surface area contributed by atoms with E-state index >= 15 is 0 Å². The SMILES string of the molecule is C[N+]1(c2ncc3cnc4[nH]ccc4n23)CCC2C1CCCN2S(=O)(=O)CCC(F)(F)F. The number of nitrogens with zero attached hydrogens (tertiary/aromatic N) is 5. The highest BCUT2D eigenvalue weighted by Gasteiger charge is 2.55. The predicted octanol–water partition coefficient (Wildman–Crippen LogP) is 2.67. The number of aromatic amines is 1. The monoisotopic (exact) mass is 457 g/mol. The van der Waals surface area contributed by atoms with Crippen LogP contribution in [0.2, 0.25) is 0 Å². The number of likely N-dealkylation sites (tertiary alicyclic amines) is 1. The van der Waals surface area contributed by atoms with Gasteiger partial charge in [0.25, 0.3) is 0 Å². The van der Waals surface area contributed by atoms with Gasteiger partial charge in [0.05, 0.1) is 55.2 Å². The molecule has 0 spiro atoms. The standard InChI is InChI=1S/C19H24F3N6O2S/c1-28(18-25-12-13-11-24-17-15(27(13)18)4-7-23-17)9-5-14-16(28)3-2-8-26(14)31(29,30)10-6-19(20,21)22/h4,7,11-12,14,16,23H,2-3,5-6,8-10H2,1H3/q+1. The number of likely N-dealkylation sites (N-methyl/N-ethyl adjacent to an activating group) is 1. The van der Waals surface area contributed by atoms with Gasteiger partial charge in [0.1, 0.15) is 6.04 Å². The fourth-order valence-corrected chi connectivity index (χ4v) is 7.14. The molecule has 2 fully saturated rings. The van der Waals surface area contributed by atoms with Crippen molar-refractivity contribution in [2.75, 3.05) is 25.9 Å². The molecule has 31 heavy (non-hydrogen) atoms. The summed E-state index contributed by atoms with van der Waals surface area (Å²) in [5.74, 6) is -0.102. The number of quaternary nitrogens is 1. The maximum atomic E-state index is 12.8. The first-order valence-electron chi connectivity index (χ1n) is 10.3. The molecule has 3 aromatic rings. The molecule has 0 amide bonds. The number of piperidine rings is 1. The van der Waals surface area contributed by atoms with E-state index in [0.29, 0.717) is 23.9 Å². The Balaban J connectivity index is 1.51. The van der Waals surface area contributed by atoms with E-state index in [0.717, 1.165) is 29.0 Å². The van der Waals surface area contributed by atoms with Crippen LogP contribution in [-0.2, 0) is 10.0 Å². The van der Waals surface area contributed by atoms with Gasteiger partial charge in [0.15, 0.2) is 5.65 Å². The Morgan fingerprint density at radius 1 is 1.26 bits per heavy atom. The Bertz CT molecular complexity index is 1240. The highest BCUT2D eigenvalue weighted by atomic mass is 32.2. The van der Waals surface area contributed by atoms with E-state index in [9.17, 15) is 21.6 Å². The molecule has 2 aliphatic heterocycles. The zero-order valence-corrected chi connectivity index (χ0v) is 17.8. The number of aromatic nitrogens is 4. The molecule has 0 radical (unpaired) electrons. The van der Waals surface area contributed by atoms with Crippen LogP contribution in [0.4, 0.5) is 19.1 Å². The van der Waals surface area contributed by atoms with E-state index in [-0.39, 0.29) is 18.6 Å². The van der Waals surface area contributed by atoms with Crippen molar-refractivity contribution in [3.05, 3.63) is 24.7 Å². The second-order valence-corrected chi connectivity index (χ2v) is 10.7. The first kappa shape index (κ1) is 20.7. The maximum Gasteiger partial charge on any atom is 0.390 e. The van der Waals surface area contributed by atoms with E-state index in [4.69, 9.17) is 4.98 Å². The summed E-state index contributed by atoms with van der Waals surface area (Å²) in [6, 6.07) is 1.53. The van der Waals surface area contributed by atoms with Crippen molar-refractivity contribution < 1.29 is 21.6 Å². The molecule has 168 valence electrons. The molecule has 0 aromatic carbocycles. The fourth-order valence-electron chi connectivity index (χ4n) is 5.35. The third kappa shape index (κ3) is 3.31. The van der Waals surface area contributed by atoms with Crippen molar-refractivity contribution in [1.29, 1.82) is 0 Å². The van der Waals surface area contributed by atoms with Crippen LogP contribution < -0.4 is 4.48 Å². The molecule has 3 unspecified atom stereocenters. The highest BCUT2D eigenvalue weighted by molar-refractivity contribution is 7.89. The van der Waals surface area contributed by atoms with Gasteiger partial charge in [0.2, 0.25) is 10.0 Å². The zero-order chi connectivity index (χ0) is 22.0. The van der Waals surface area contributed by atoms with Crippen LogP contribution in [0, 0.1) is 0 Å². The number of alkyl halides is 3. The Labute approximate surface area is 177 Å². The summed E-state index contributed by atoms with van der Waals surface area (Å²) in [7, 11) is -1.95. The summed E-state index contributed by atoms with van der Waals surface area (Å²) in [5.41, 5.74) is 2.46. The molecule has 2 saturated heterocycles. The van der Waals surface area contributed by atoms with Crippen LogP contribution in [0.15, 0.2) is 24.7 Å². The van der Waals surface area contributed by atoms with Gasteiger partial charge in [-0.05, 0) is 12.5 Å². The first-order chi connectivity index (χ1) is 14.6. The zero-order valence-electron chi connectivity index (χ0n) is 17.0. The van der Waals surface area contributed by atoms with Gasteiger partial charge in [0, 0.05) is 25.6 Å². The van der Waals surface area contributed by atoms with Crippen molar-refractivity contribution in [3.8, 4) is 0 Å². The van der Waals surface area contributed by atoms with Crippen molar-refractivity contribution in [2.45, 2.75) is 43.9 Å².